The van der Waals surface area contributed by atoms with Crippen LogP contribution in [0, 0.1) is 0 Å². The van der Waals surface area contributed by atoms with Crippen molar-refractivity contribution in [2.24, 2.45) is 0 Å². The molecular weight excluding hydrogens is 160 g/mol. The highest BCUT2D eigenvalue weighted by molar-refractivity contribution is 4.80. The maximum Gasteiger partial charge on any atom is 0.0701 e. The van der Waals surface area contributed by atoms with Gasteiger partial charge in [-0.25, -0.2) is 0 Å². The van der Waals surface area contributed by atoms with Crippen molar-refractivity contribution in [3.8, 4) is 0 Å². The summed E-state index contributed by atoms with van der Waals surface area (Å²) in [6.45, 7) is 1.81. The standard InChI is InChI=1S/C8H16O4/c9-3-7-11-5-1-2-6-12-8-4-10/h1-2,9-10H,3-8H2/b2-1+. The lowest BCUT2D eigenvalue weighted by Gasteiger charge is -1.97. The summed E-state index contributed by atoms with van der Waals surface area (Å²) in [4.78, 5) is 0. The van der Waals surface area contributed by atoms with Crippen molar-refractivity contribution in [1.29, 1.82) is 0 Å². The first-order valence-electron chi connectivity index (χ1n) is 3.94. The van der Waals surface area contributed by atoms with E-state index in [1.54, 1.807) is 0 Å². The van der Waals surface area contributed by atoms with Crippen LogP contribution in [0.4, 0.5) is 0 Å². The van der Waals surface area contributed by atoms with E-state index in [9.17, 15) is 0 Å². The number of aliphatic hydroxyl groups is 2. The van der Waals surface area contributed by atoms with Crippen molar-refractivity contribution in [3.05, 3.63) is 12.2 Å². The molecule has 0 atom stereocenters. The lowest BCUT2D eigenvalue weighted by Crippen LogP contribution is -2.00. The van der Waals surface area contributed by atoms with Gasteiger partial charge in [-0.3, -0.25) is 0 Å². The molecule has 72 valence electrons. The van der Waals surface area contributed by atoms with Crippen LogP contribution in [0.3, 0.4) is 0 Å². The molecule has 2 N–H and O–H groups in total. The molecule has 0 bridgehead atoms. The molecule has 0 aromatic heterocycles. The van der Waals surface area contributed by atoms with Crippen LogP contribution in [-0.2, 0) is 9.47 Å². The van der Waals surface area contributed by atoms with Gasteiger partial charge in [0.25, 0.3) is 0 Å². The van der Waals surface area contributed by atoms with Crippen LogP contribution in [0.15, 0.2) is 12.2 Å². The molecule has 0 aliphatic rings. The van der Waals surface area contributed by atoms with Gasteiger partial charge in [0, 0.05) is 0 Å². The van der Waals surface area contributed by atoms with Gasteiger partial charge < -0.3 is 19.7 Å². The van der Waals surface area contributed by atoms with Crippen molar-refractivity contribution in [1.82, 2.24) is 0 Å². The molecule has 4 heteroatoms. The van der Waals surface area contributed by atoms with E-state index >= 15 is 0 Å². The Labute approximate surface area is 72.4 Å². The maximum absolute atomic E-state index is 8.34. The monoisotopic (exact) mass is 176 g/mol. The summed E-state index contributed by atoms with van der Waals surface area (Å²) in [5.74, 6) is 0. The first-order valence-corrected chi connectivity index (χ1v) is 3.94. The molecule has 0 unspecified atom stereocenters. The van der Waals surface area contributed by atoms with Crippen LogP contribution in [0.1, 0.15) is 0 Å². The average molecular weight is 176 g/mol. The van der Waals surface area contributed by atoms with Crippen LogP contribution < -0.4 is 0 Å². The van der Waals surface area contributed by atoms with Crippen molar-refractivity contribution in [3.63, 3.8) is 0 Å². The van der Waals surface area contributed by atoms with Gasteiger partial charge in [0.1, 0.15) is 0 Å². The molecule has 4 nitrogen and oxygen atoms in total. The molecule has 0 fully saturated rings. The number of hydrogen-bond donors (Lipinski definition) is 2. The molecule has 0 aromatic rings. The minimum absolute atomic E-state index is 0.0504. The van der Waals surface area contributed by atoms with Gasteiger partial charge in [-0.05, 0) is 0 Å². The summed E-state index contributed by atoms with van der Waals surface area (Å²) in [6.07, 6.45) is 3.63. The maximum atomic E-state index is 8.34. The third-order valence-electron chi connectivity index (χ3n) is 1.07. The quantitative estimate of drug-likeness (QED) is 0.389. The van der Waals surface area contributed by atoms with Crippen LogP contribution in [0.2, 0.25) is 0 Å². The lowest BCUT2D eigenvalue weighted by atomic mass is 10.5. The Morgan fingerprint density at radius 2 is 1.25 bits per heavy atom. The molecule has 0 saturated heterocycles. The third kappa shape index (κ3) is 9.58. The van der Waals surface area contributed by atoms with Crippen molar-refractivity contribution in [2.75, 3.05) is 39.6 Å². The molecule has 0 aliphatic heterocycles. The highest BCUT2D eigenvalue weighted by Crippen LogP contribution is 1.79. The van der Waals surface area contributed by atoms with E-state index in [-0.39, 0.29) is 13.2 Å². The van der Waals surface area contributed by atoms with Gasteiger partial charge >= 0.3 is 0 Å². The number of aliphatic hydroxyl groups excluding tert-OH is 2. The molecule has 0 aliphatic carbocycles. The molecular formula is C8H16O4. The molecule has 0 spiro atoms. The van der Waals surface area contributed by atoms with Gasteiger partial charge in [0.2, 0.25) is 0 Å². The first-order chi connectivity index (χ1) is 5.91. The Balaban J connectivity index is 2.93. The normalized spacial score (nSPS) is 11.2. The third-order valence-corrected chi connectivity index (χ3v) is 1.07. The zero-order valence-electron chi connectivity index (χ0n) is 7.11. The zero-order chi connectivity index (χ0) is 9.07. The summed E-state index contributed by atoms with van der Waals surface area (Å²) in [7, 11) is 0. The largest absolute Gasteiger partial charge is 0.394 e. The summed E-state index contributed by atoms with van der Waals surface area (Å²) in [6, 6.07) is 0. The summed E-state index contributed by atoms with van der Waals surface area (Å²) in [5.41, 5.74) is 0. The molecule has 0 amide bonds. The Morgan fingerprint density at radius 1 is 0.833 bits per heavy atom. The molecule has 0 heterocycles. The van der Waals surface area contributed by atoms with E-state index in [4.69, 9.17) is 19.7 Å². The molecule has 0 aromatic carbocycles. The van der Waals surface area contributed by atoms with E-state index < -0.39 is 0 Å². The predicted octanol–water partition coefficient (Wildman–Crippen LogP) is -0.440. The van der Waals surface area contributed by atoms with Gasteiger partial charge in [0.15, 0.2) is 0 Å². The summed E-state index contributed by atoms with van der Waals surface area (Å²) >= 11 is 0. The Bertz CT molecular complexity index is 91.2. The molecule has 0 rings (SSSR count). The number of rotatable bonds is 8. The SMILES string of the molecule is OCCOC/C=C/COCCO. The van der Waals surface area contributed by atoms with E-state index in [1.807, 2.05) is 12.2 Å². The van der Waals surface area contributed by atoms with E-state index in [1.165, 1.54) is 0 Å². The second kappa shape index (κ2) is 10.6. The summed E-state index contributed by atoms with van der Waals surface area (Å²) < 4.78 is 9.90. The molecule has 0 saturated carbocycles. The van der Waals surface area contributed by atoms with Crippen molar-refractivity contribution < 1.29 is 19.7 Å². The highest BCUT2D eigenvalue weighted by Gasteiger charge is 1.81. The molecule has 12 heavy (non-hydrogen) atoms. The Kier molecular flexibility index (Phi) is 10.2. The van der Waals surface area contributed by atoms with E-state index in [0.717, 1.165) is 0 Å². The predicted molar refractivity (Wildman–Crippen MR) is 44.9 cm³/mol. The Morgan fingerprint density at radius 3 is 1.58 bits per heavy atom. The van der Waals surface area contributed by atoms with Crippen molar-refractivity contribution >= 4 is 0 Å². The fourth-order valence-electron chi connectivity index (χ4n) is 0.568. The van der Waals surface area contributed by atoms with Gasteiger partial charge in [-0.1, -0.05) is 12.2 Å². The van der Waals surface area contributed by atoms with E-state index in [0.29, 0.717) is 26.4 Å². The second-order valence-corrected chi connectivity index (χ2v) is 2.07. The van der Waals surface area contributed by atoms with Gasteiger partial charge in [-0.15, -0.1) is 0 Å². The number of hydrogen-bond acceptors (Lipinski definition) is 4. The second-order valence-electron chi connectivity index (χ2n) is 2.07. The first kappa shape index (κ1) is 11.6. The lowest BCUT2D eigenvalue weighted by molar-refractivity contribution is 0.106. The minimum Gasteiger partial charge on any atom is -0.394 e. The van der Waals surface area contributed by atoms with Crippen molar-refractivity contribution in [2.45, 2.75) is 0 Å². The van der Waals surface area contributed by atoms with Crippen LogP contribution >= 0.6 is 0 Å². The topological polar surface area (TPSA) is 58.9 Å². The van der Waals surface area contributed by atoms with E-state index in [2.05, 4.69) is 0 Å². The molecule has 0 radical (unpaired) electrons. The smallest absolute Gasteiger partial charge is 0.0701 e. The Hall–Kier alpha value is -0.420. The average Bonchev–Trinajstić information content (AvgIpc) is 2.10. The highest BCUT2D eigenvalue weighted by atomic mass is 16.5. The zero-order valence-corrected chi connectivity index (χ0v) is 7.11. The fraction of sp³-hybridized carbons (Fsp3) is 0.750. The van der Waals surface area contributed by atoms with Crippen LogP contribution in [-0.4, -0.2) is 49.9 Å². The summed E-state index contributed by atoms with van der Waals surface area (Å²) in [5, 5.41) is 16.7. The minimum atomic E-state index is 0.0504. The van der Waals surface area contributed by atoms with Gasteiger partial charge in [-0.2, -0.15) is 0 Å². The van der Waals surface area contributed by atoms with Crippen LogP contribution in [0.5, 0.6) is 0 Å². The number of ether oxygens (including phenoxy) is 2. The fourth-order valence-corrected chi connectivity index (χ4v) is 0.568. The van der Waals surface area contributed by atoms with Crippen LogP contribution in [0.25, 0.3) is 0 Å². The van der Waals surface area contributed by atoms with Gasteiger partial charge in [0.05, 0.1) is 39.6 Å².